The first-order valence-corrected chi connectivity index (χ1v) is 11.8. The second kappa shape index (κ2) is 10.6. The van der Waals surface area contributed by atoms with Crippen molar-refractivity contribution in [2.24, 2.45) is 0 Å². The van der Waals surface area contributed by atoms with E-state index in [1.807, 2.05) is 32.0 Å². The Hall–Kier alpha value is -3.91. The number of rotatable bonds is 8. The van der Waals surface area contributed by atoms with E-state index in [4.69, 9.17) is 21.1 Å². The lowest BCUT2D eigenvalue weighted by Gasteiger charge is -2.28. The number of carbonyl (C=O) groups is 1. The molecule has 0 bridgehead atoms. The SMILES string of the molecule is COc1ccc(C(C)(C)c2cnc(C(=O)NCc3ccc(Cl)c(F)c3)n2-c2ccc(F)cc2)cc1OC. The molecular formula is C28H26ClF2N3O3. The molecule has 3 aromatic carbocycles. The van der Waals surface area contributed by atoms with Gasteiger partial charge >= 0.3 is 0 Å². The fourth-order valence-corrected chi connectivity index (χ4v) is 4.21. The Morgan fingerprint density at radius 1 is 1.00 bits per heavy atom. The molecule has 0 fully saturated rings. The van der Waals surface area contributed by atoms with Gasteiger partial charge in [0.05, 0.1) is 31.1 Å². The van der Waals surface area contributed by atoms with Crippen LogP contribution in [0.5, 0.6) is 11.5 Å². The number of methoxy groups -OCH3 is 2. The number of nitrogens with one attached hydrogen (secondary N) is 1. The van der Waals surface area contributed by atoms with Gasteiger partial charge in [-0.05, 0) is 59.7 Å². The summed E-state index contributed by atoms with van der Waals surface area (Å²) in [5.74, 6) is -0.193. The third-order valence-corrected chi connectivity index (χ3v) is 6.54. The van der Waals surface area contributed by atoms with Gasteiger partial charge in [-0.2, -0.15) is 0 Å². The first-order valence-electron chi connectivity index (χ1n) is 11.4. The normalized spacial score (nSPS) is 11.3. The molecular weight excluding hydrogens is 500 g/mol. The zero-order valence-electron chi connectivity index (χ0n) is 20.8. The Labute approximate surface area is 218 Å². The molecule has 0 aliphatic rings. The molecule has 0 unspecified atom stereocenters. The third-order valence-electron chi connectivity index (χ3n) is 6.23. The molecule has 0 radical (unpaired) electrons. The molecule has 0 atom stereocenters. The van der Waals surface area contributed by atoms with Gasteiger partial charge in [0.15, 0.2) is 11.5 Å². The second-order valence-electron chi connectivity index (χ2n) is 8.90. The fourth-order valence-electron chi connectivity index (χ4n) is 4.09. The van der Waals surface area contributed by atoms with Crippen LogP contribution in [0.15, 0.2) is 66.9 Å². The Balaban J connectivity index is 1.75. The molecule has 1 aromatic heterocycles. The van der Waals surface area contributed by atoms with Gasteiger partial charge in [-0.15, -0.1) is 0 Å². The number of aromatic nitrogens is 2. The molecule has 0 aliphatic carbocycles. The second-order valence-corrected chi connectivity index (χ2v) is 9.31. The number of amides is 1. The van der Waals surface area contributed by atoms with E-state index in [9.17, 15) is 13.6 Å². The summed E-state index contributed by atoms with van der Waals surface area (Å²) in [5, 5.41) is 2.78. The molecule has 4 aromatic rings. The fraction of sp³-hybridized carbons (Fsp3) is 0.214. The average Bonchev–Trinajstić information content (AvgIpc) is 3.35. The van der Waals surface area contributed by atoms with E-state index in [-0.39, 0.29) is 17.4 Å². The van der Waals surface area contributed by atoms with Crippen LogP contribution in [-0.4, -0.2) is 29.7 Å². The van der Waals surface area contributed by atoms with Crippen LogP contribution >= 0.6 is 11.6 Å². The molecule has 1 amide bonds. The summed E-state index contributed by atoms with van der Waals surface area (Å²) in [5.41, 5.74) is 2.02. The van der Waals surface area contributed by atoms with E-state index in [0.29, 0.717) is 28.4 Å². The van der Waals surface area contributed by atoms with E-state index in [0.717, 1.165) is 5.56 Å². The van der Waals surface area contributed by atoms with Crippen LogP contribution in [0.4, 0.5) is 8.78 Å². The van der Waals surface area contributed by atoms with Gasteiger partial charge in [0, 0.05) is 17.6 Å². The maximum atomic E-state index is 13.8. The largest absolute Gasteiger partial charge is 0.493 e. The van der Waals surface area contributed by atoms with Crippen molar-refractivity contribution in [3.8, 4) is 17.2 Å². The molecule has 9 heteroatoms. The lowest BCUT2D eigenvalue weighted by Crippen LogP contribution is -2.29. The topological polar surface area (TPSA) is 65.4 Å². The molecule has 0 aliphatic heterocycles. The molecule has 192 valence electrons. The van der Waals surface area contributed by atoms with Crippen molar-refractivity contribution in [3.05, 3.63) is 106 Å². The predicted molar refractivity (Wildman–Crippen MR) is 138 cm³/mol. The highest BCUT2D eigenvalue weighted by molar-refractivity contribution is 6.30. The summed E-state index contributed by atoms with van der Waals surface area (Å²) < 4.78 is 40.1. The van der Waals surface area contributed by atoms with Crippen molar-refractivity contribution in [3.63, 3.8) is 0 Å². The first-order chi connectivity index (χ1) is 17.6. The monoisotopic (exact) mass is 525 g/mol. The number of ether oxygens (including phenoxy) is 2. The van der Waals surface area contributed by atoms with E-state index in [1.54, 1.807) is 43.2 Å². The summed E-state index contributed by atoms with van der Waals surface area (Å²) in [4.78, 5) is 17.7. The van der Waals surface area contributed by atoms with Gasteiger partial charge in [-0.3, -0.25) is 9.36 Å². The number of carbonyl (C=O) groups excluding carboxylic acids is 1. The maximum Gasteiger partial charge on any atom is 0.287 e. The van der Waals surface area contributed by atoms with Gasteiger partial charge in [-0.1, -0.05) is 37.6 Å². The molecule has 1 heterocycles. The minimum absolute atomic E-state index is 0.00367. The molecule has 0 saturated heterocycles. The van der Waals surface area contributed by atoms with Crippen molar-refractivity contribution >= 4 is 17.5 Å². The van der Waals surface area contributed by atoms with Gasteiger partial charge in [0.2, 0.25) is 5.82 Å². The summed E-state index contributed by atoms with van der Waals surface area (Å²) in [7, 11) is 3.13. The van der Waals surface area contributed by atoms with Gasteiger partial charge < -0.3 is 14.8 Å². The molecule has 0 spiro atoms. The minimum Gasteiger partial charge on any atom is -0.493 e. The number of nitrogens with zero attached hydrogens (tertiary/aromatic N) is 2. The van der Waals surface area contributed by atoms with Crippen LogP contribution in [0.25, 0.3) is 5.69 Å². The van der Waals surface area contributed by atoms with Crippen LogP contribution < -0.4 is 14.8 Å². The Kier molecular flexibility index (Phi) is 7.50. The zero-order chi connectivity index (χ0) is 26.7. The smallest absolute Gasteiger partial charge is 0.287 e. The number of halogens is 3. The van der Waals surface area contributed by atoms with Crippen molar-refractivity contribution in [2.75, 3.05) is 14.2 Å². The minimum atomic E-state index is -0.654. The Morgan fingerprint density at radius 2 is 1.70 bits per heavy atom. The van der Waals surface area contributed by atoms with Crippen LogP contribution in [0, 0.1) is 11.6 Å². The summed E-state index contributed by atoms with van der Waals surface area (Å²) in [6.07, 6.45) is 1.62. The van der Waals surface area contributed by atoms with E-state index in [1.165, 1.54) is 24.3 Å². The van der Waals surface area contributed by atoms with Crippen molar-refractivity contribution in [1.29, 1.82) is 0 Å². The molecule has 1 N–H and O–H groups in total. The molecule has 37 heavy (non-hydrogen) atoms. The van der Waals surface area contributed by atoms with Gasteiger partial charge in [0.1, 0.15) is 11.6 Å². The highest BCUT2D eigenvalue weighted by atomic mass is 35.5. The van der Waals surface area contributed by atoms with E-state index in [2.05, 4.69) is 10.3 Å². The number of hydrogen-bond donors (Lipinski definition) is 1. The van der Waals surface area contributed by atoms with Crippen LogP contribution in [0.2, 0.25) is 5.02 Å². The van der Waals surface area contributed by atoms with Crippen LogP contribution in [-0.2, 0) is 12.0 Å². The molecule has 0 saturated carbocycles. The van der Waals surface area contributed by atoms with Gasteiger partial charge in [0.25, 0.3) is 5.91 Å². The highest BCUT2D eigenvalue weighted by Crippen LogP contribution is 2.38. The van der Waals surface area contributed by atoms with Crippen molar-refractivity contribution in [2.45, 2.75) is 25.8 Å². The van der Waals surface area contributed by atoms with E-state index < -0.39 is 23.0 Å². The lowest BCUT2D eigenvalue weighted by atomic mass is 9.81. The van der Waals surface area contributed by atoms with Gasteiger partial charge in [-0.25, -0.2) is 13.8 Å². The summed E-state index contributed by atoms with van der Waals surface area (Å²) in [6.45, 7) is 4.05. The standard InChI is InChI=1S/C28H26ClF2N3O3/c1-28(2,18-6-12-23(36-3)24(14-18)37-4)25-16-32-26(34(25)20-9-7-19(30)8-10-20)27(35)33-15-17-5-11-21(29)22(31)13-17/h5-14,16H,15H2,1-4H3,(H,33,35). The first kappa shape index (κ1) is 26.2. The van der Waals surface area contributed by atoms with E-state index >= 15 is 0 Å². The predicted octanol–water partition coefficient (Wildman–Crippen LogP) is 6.08. The lowest BCUT2D eigenvalue weighted by molar-refractivity contribution is 0.0938. The number of benzene rings is 3. The molecule has 4 rings (SSSR count). The quantitative estimate of drug-likeness (QED) is 0.303. The highest BCUT2D eigenvalue weighted by Gasteiger charge is 2.31. The van der Waals surface area contributed by atoms with Crippen LogP contribution in [0.3, 0.4) is 0 Å². The molecule has 6 nitrogen and oxygen atoms in total. The number of hydrogen-bond acceptors (Lipinski definition) is 4. The Morgan fingerprint density at radius 3 is 2.35 bits per heavy atom. The summed E-state index contributed by atoms with van der Waals surface area (Å²) in [6, 6.07) is 15.7. The maximum absolute atomic E-state index is 13.8. The van der Waals surface area contributed by atoms with Crippen LogP contribution in [0.1, 0.15) is 41.3 Å². The average molecular weight is 526 g/mol. The van der Waals surface area contributed by atoms with Crippen molar-refractivity contribution < 1.29 is 23.0 Å². The third kappa shape index (κ3) is 5.29. The Bertz CT molecular complexity index is 1440. The van der Waals surface area contributed by atoms with Crippen molar-refractivity contribution in [1.82, 2.24) is 14.9 Å². The summed E-state index contributed by atoms with van der Waals surface area (Å²) >= 11 is 5.75. The zero-order valence-corrected chi connectivity index (χ0v) is 21.6. The number of imidazole rings is 1.